The molecule has 0 N–H and O–H groups in total. The van der Waals surface area contributed by atoms with Crippen molar-refractivity contribution in [2.45, 2.75) is 0 Å². The number of para-hydroxylation sites is 4. The van der Waals surface area contributed by atoms with Crippen LogP contribution in [0.1, 0.15) is 0 Å². The molecule has 2 aromatic heterocycles. The average molecular weight is 829 g/mol. The van der Waals surface area contributed by atoms with Crippen LogP contribution in [0.2, 0.25) is 0 Å². The van der Waals surface area contributed by atoms with E-state index in [2.05, 4.69) is 240 Å². The van der Waals surface area contributed by atoms with Crippen LogP contribution in [-0.4, -0.2) is 4.57 Å². The second-order valence-electron chi connectivity index (χ2n) is 16.9. The Kier molecular flexibility index (Phi) is 8.53. The number of anilines is 3. The van der Waals surface area contributed by atoms with Crippen molar-refractivity contribution < 1.29 is 4.42 Å². The van der Waals surface area contributed by atoms with E-state index in [1.165, 1.54) is 54.5 Å². The average Bonchev–Trinajstić information content (AvgIpc) is 3.92. The minimum absolute atomic E-state index is 0.879. The maximum atomic E-state index is 6.41. The number of furan rings is 1. The molecule has 304 valence electrons. The third kappa shape index (κ3) is 6.12. The van der Waals surface area contributed by atoms with Crippen LogP contribution in [-0.2, 0) is 0 Å². The van der Waals surface area contributed by atoms with E-state index in [9.17, 15) is 0 Å². The normalized spacial score (nSPS) is 11.7. The summed E-state index contributed by atoms with van der Waals surface area (Å²) in [5.41, 5.74) is 15.5. The summed E-state index contributed by atoms with van der Waals surface area (Å²) in [5.74, 6) is 0. The van der Waals surface area contributed by atoms with E-state index in [1.54, 1.807) is 0 Å². The van der Waals surface area contributed by atoms with Gasteiger partial charge in [-0.15, -0.1) is 0 Å². The van der Waals surface area contributed by atoms with E-state index in [4.69, 9.17) is 4.42 Å². The van der Waals surface area contributed by atoms with Crippen molar-refractivity contribution in [3.05, 3.63) is 243 Å². The molecule has 0 saturated carbocycles. The van der Waals surface area contributed by atoms with E-state index in [1.807, 2.05) is 12.1 Å². The fourth-order valence-corrected chi connectivity index (χ4v) is 10.1. The van der Waals surface area contributed by atoms with Gasteiger partial charge in [0.05, 0.1) is 16.7 Å². The summed E-state index contributed by atoms with van der Waals surface area (Å²) in [6.07, 6.45) is 0. The van der Waals surface area contributed by atoms with E-state index >= 15 is 0 Å². The number of hydrogen-bond donors (Lipinski definition) is 0. The minimum atomic E-state index is 0.879. The highest BCUT2D eigenvalue weighted by Crippen LogP contribution is 2.44. The van der Waals surface area contributed by atoms with Crippen molar-refractivity contribution in [1.29, 1.82) is 0 Å². The lowest BCUT2D eigenvalue weighted by atomic mass is 9.93. The summed E-state index contributed by atoms with van der Waals surface area (Å²) in [4.78, 5) is 2.39. The fourth-order valence-electron chi connectivity index (χ4n) is 10.1. The van der Waals surface area contributed by atoms with Gasteiger partial charge in [0.1, 0.15) is 11.2 Å². The van der Waals surface area contributed by atoms with E-state index in [0.717, 1.165) is 66.9 Å². The zero-order valence-electron chi connectivity index (χ0n) is 35.4. The first-order valence-corrected chi connectivity index (χ1v) is 22.2. The first-order chi connectivity index (χ1) is 32.2. The largest absolute Gasteiger partial charge is 0.456 e. The highest BCUT2D eigenvalue weighted by Gasteiger charge is 2.20. The summed E-state index contributed by atoms with van der Waals surface area (Å²) >= 11 is 0. The lowest BCUT2D eigenvalue weighted by Gasteiger charge is -2.28. The quantitative estimate of drug-likeness (QED) is 0.149. The number of fused-ring (bicyclic) bond motifs is 9. The molecule has 0 spiro atoms. The van der Waals surface area contributed by atoms with Crippen molar-refractivity contribution in [3.8, 4) is 39.1 Å². The smallest absolute Gasteiger partial charge is 0.136 e. The molecule has 0 atom stereocenters. The highest BCUT2D eigenvalue weighted by atomic mass is 16.3. The topological polar surface area (TPSA) is 21.3 Å². The standard InChI is InChI=1S/C62H40N2O/c1-2-17-49-44(14-1)39-57(52-20-4-3-19-51(49)52)42-30-35-47(36-31-42)63(58-24-9-5-18-50(58)45-32-37-56-55-23-8-12-27-61(55)65-62(56)40-45)46-33-28-41(29-34-46)43-15-13-16-48(38-43)64-59-25-10-6-21-53(59)54-22-7-11-26-60(54)64/h1-40H. The Hall–Kier alpha value is -8.66. The molecule has 0 radical (unpaired) electrons. The van der Waals surface area contributed by atoms with Crippen molar-refractivity contribution in [1.82, 2.24) is 4.57 Å². The fraction of sp³-hybridized carbons (Fsp3) is 0. The van der Waals surface area contributed by atoms with Gasteiger partial charge in [-0.2, -0.15) is 0 Å². The van der Waals surface area contributed by atoms with Crippen LogP contribution in [0, 0.1) is 0 Å². The lowest BCUT2D eigenvalue weighted by molar-refractivity contribution is 0.669. The minimum Gasteiger partial charge on any atom is -0.456 e. The molecule has 65 heavy (non-hydrogen) atoms. The van der Waals surface area contributed by atoms with E-state index in [-0.39, 0.29) is 0 Å². The predicted molar refractivity (Wildman–Crippen MR) is 274 cm³/mol. The van der Waals surface area contributed by atoms with Gasteiger partial charge < -0.3 is 13.9 Å². The Labute approximate surface area is 376 Å². The second kappa shape index (κ2) is 15.0. The summed E-state index contributed by atoms with van der Waals surface area (Å²) < 4.78 is 8.79. The number of benzene rings is 11. The molecule has 0 aliphatic rings. The van der Waals surface area contributed by atoms with E-state index in [0.29, 0.717) is 0 Å². The molecule has 0 fully saturated rings. The van der Waals surface area contributed by atoms with Crippen molar-refractivity contribution in [3.63, 3.8) is 0 Å². The van der Waals surface area contributed by atoms with Crippen LogP contribution in [0.4, 0.5) is 17.1 Å². The molecule has 2 heterocycles. The maximum Gasteiger partial charge on any atom is 0.136 e. The Balaban J connectivity index is 0.935. The Morgan fingerprint density at radius 3 is 1.63 bits per heavy atom. The molecule has 0 unspecified atom stereocenters. The molecule has 0 saturated heterocycles. The number of aromatic nitrogens is 1. The van der Waals surface area contributed by atoms with E-state index < -0.39 is 0 Å². The summed E-state index contributed by atoms with van der Waals surface area (Å²) in [6.45, 7) is 0. The molecule has 0 aliphatic carbocycles. The molecule has 0 aliphatic heterocycles. The maximum absolute atomic E-state index is 6.41. The summed E-state index contributed by atoms with van der Waals surface area (Å²) in [7, 11) is 0. The van der Waals surface area contributed by atoms with Gasteiger partial charge in [0.2, 0.25) is 0 Å². The lowest BCUT2D eigenvalue weighted by Crippen LogP contribution is -2.11. The van der Waals surface area contributed by atoms with Crippen LogP contribution >= 0.6 is 0 Å². The molecule has 0 amide bonds. The van der Waals surface area contributed by atoms with Crippen LogP contribution in [0.25, 0.3) is 104 Å². The Bertz CT molecular complexity index is 3900. The molecular formula is C62H40N2O. The number of nitrogens with zero attached hydrogens (tertiary/aromatic N) is 2. The Morgan fingerprint density at radius 2 is 0.877 bits per heavy atom. The monoisotopic (exact) mass is 828 g/mol. The predicted octanol–water partition coefficient (Wildman–Crippen LogP) is 17.5. The van der Waals surface area contributed by atoms with Gasteiger partial charge in [-0.25, -0.2) is 0 Å². The van der Waals surface area contributed by atoms with Gasteiger partial charge in [-0.3, -0.25) is 0 Å². The number of hydrogen-bond acceptors (Lipinski definition) is 2. The van der Waals surface area contributed by atoms with Crippen LogP contribution in [0.5, 0.6) is 0 Å². The summed E-state index contributed by atoms with van der Waals surface area (Å²) in [6, 6.07) is 87.7. The zero-order valence-corrected chi connectivity index (χ0v) is 35.4. The van der Waals surface area contributed by atoms with Gasteiger partial charge in [0.25, 0.3) is 0 Å². The highest BCUT2D eigenvalue weighted by molar-refractivity contribution is 6.14. The van der Waals surface area contributed by atoms with Gasteiger partial charge in [0.15, 0.2) is 0 Å². The molecular weight excluding hydrogens is 789 g/mol. The molecule has 11 aromatic carbocycles. The molecule has 3 heteroatoms. The molecule has 13 aromatic rings. The van der Waals surface area contributed by atoms with Crippen LogP contribution in [0.15, 0.2) is 247 Å². The third-order valence-electron chi connectivity index (χ3n) is 13.2. The third-order valence-corrected chi connectivity index (χ3v) is 13.2. The first-order valence-electron chi connectivity index (χ1n) is 22.2. The second-order valence-corrected chi connectivity index (χ2v) is 16.9. The van der Waals surface area contributed by atoms with Crippen molar-refractivity contribution >= 4 is 82.4 Å². The molecule has 13 rings (SSSR count). The van der Waals surface area contributed by atoms with Gasteiger partial charge in [-0.1, -0.05) is 164 Å². The van der Waals surface area contributed by atoms with Gasteiger partial charge in [-0.05, 0) is 128 Å². The summed E-state index contributed by atoms with van der Waals surface area (Å²) in [5, 5.41) is 9.79. The van der Waals surface area contributed by atoms with Gasteiger partial charge in [0, 0.05) is 44.2 Å². The van der Waals surface area contributed by atoms with Crippen LogP contribution in [0.3, 0.4) is 0 Å². The number of rotatable bonds is 7. The zero-order chi connectivity index (χ0) is 42.8. The Morgan fingerprint density at radius 1 is 0.308 bits per heavy atom. The van der Waals surface area contributed by atoms with Crippen molar-refractivity contribution in [2.75, 3.05) is 4.90 Å². The van der Waals surface area contributed by atoms with Crippen LogP contribution < -0.4 is 4.90 Å². The van der Waals surface area contributed by atoms with Crippen molar-refractivity contribution in [2.24, 2.45) is 0 Å². The first kappa shape index (κ1) is 36.9. The SMILES string of the molecule is c1cc(-c2ccc(N(c3ccc(-c4cc5ccccc5c5ccccc45)cc3)c3ccccc3-c3ccc4c(c3)oc3ccccc34)cc2)cc(-n2c3ccccc3c3ccccc32)c1. The van der Waals surface area contributed by atoms with Gasteiger partial charge >= 0.3 is 0 Å². The molecule has 3 nitrogen and oxygen atoms in total. The molecule has 0 bridgehead atoms.